The highest BCUT2D eigenvalue weighted by molar-refractivity contribution is 7.93. The van der Waals surface area contributed by atoms with Crippen LogP contribution in [0.25, 0.3) is 0 Å². The molecule has 0 bridgehead atoms. The van der Waals surface area contributed by atoms with Gasteiger partial charge in [-0.2, -0.15) is 0 Å². The zero-order valence-corrected chi connectivity index (χ0v) is 14.2. The minimum absolute atomic E-state index is 0.230. The molecule has 0 aromatic carbocycles. The summed E-state index contributed by atoms with van der Waals surface area (Å²) in [6.07, 6.45) is 0. The Labute approximate surface area is 93.5 Å². The van der Waals surface area contributed by atoms with Gasteiger partial charge in [-0.15, -0.1) is 0 Å². The summed E-state index contributed by atoms with van der Waals surface area (Å²) in [7, 11) is -2.76. The van der Waals surface area contributed by atoms with Crippen molar-refractivity contribution in [3.63, 3.8) is 0 Å². The largest absolute Gasteiger partial charge is 0.399 e. The molecule has 0 radical (unpaired) electrons. The minimum Gasteiger partial charge on any atom is -0.399 e. The third kappa shape index (κ3) is 5.64. The second kappa shape index (κ2) is 4.36. The first-order chi connectivity index (χ1) is 5.84. The monoisotopic (exact) mass is 250 g/mol. The molecular weight excluding hydrogens is 223 g/mol. The lowest BCUT2D eigenvalue weighted by atomic mass is 10.3. The van der Waals surface area contributed by atoms with E-state index in [1.165, 1.54) is 0 Å². The molecule has 0 aromatic heterocycles. The van der Waals surface area contributed by atoms with Gasteiger partial charge in [-0.25, -0.2) is 0 Å². The smallest absolute Gasteiger partial charge is 0.188 e. The molecule has 1 atom stereocenters. The van der Waals surface area contributed by atoms with E-state index < -0.39 is 16.1 Å². The number of hydrogen-bond donors (Lipinski definition) is 0. The summed E-state index contributed by atoms with van der Waals surface area (Å²) in [4.78, 5) is 0. The molecule has 1 nitrogen and oxygen atoms in total. The summed E-state index contributed by atoms with van der Waals surface area (Å²) in [5, 5.41) is 0.347. The maximum Gasteiger partial charge on any atom is 0.188 e. The number of hydrogen-bond acceptors (Lipinski definition) is 1. The van der Waals surface area contributed by atoms with Gasteiger partial charge in [0.15, 0.2) is 8.32 Å². The first-order valence-electron chi connectivity index (χ1n) is 5.33. The molecule has 0 saturated heterocycles. The Morgan fingerprint density at radius 3 is 1.29 bits per heavy atom. The van der Waals surface area contributed by atoms with Gasteiger partial charge in [0.25, 0.3) is 0 Å². The van der Waals surface area contributed by atoms with Crippen molar-refractivity contribution in [2.24, 2.45) is 0 Å². The summed E-state index contributed by atoms with van der Waals surface area (Å²) in [5.41, 5.74) is 0. The molecule has 86 valence electrons. The highest BCUT2D eigenvalue weighted by Crippen LogP contribution is 2.59. The van der Waals surface area contributed by atoms with Gasteiger partial charge in [0.2, 0.25) is 0 Å². The second-order valence-electron chi connectivity index (χ2n) is 6.84. The lowest BCUT2D eigenvalue weighted by molar-refractivity contribution is 0.588. The molecule has 0 aliphatic carbocycles. The van der Waals surface area contributed by atoms with Gasteiger partial charge in [0.1, 0.15) is 7.74 Å². The molecule has 4 heteroatoms. The van der Waals surface area contributed by atoms with E-state index in [0.29, 0.717) is 5.16 Å². The average molecular weight is 250 g/mol. The van der Waals surface area contributed by atoms with Crippen LogP contribution in [0.5, 0.6) is 0 Å². The molecule has 0 fully saturated rings. The van der Waals surface area contributed by atoms with Gasteiger partial charge in [-0.05, 0) is 19.6 Å². The molecule has 0 aromatic rings. The van der Waals surface area contributed by atoms with Crippen LogP contribution >= 0.6 is 7.70 Å². The maximum atomic E-state index is 6.43. The Kier molecular flexibility index (Phi) is 4.62. The standard InChI is InChI=1S/C10H27OPSi2/c1-10(2,3)12(14(7,8)9)11-13(4,5)6/h1-9H3. The maximum absolute atomic E-state index is 6.43. The van der Waals surface area contributed by atoms with E-state index in [1.807, 2.05) is 0 Å². The SMILES string of the molecule is CC(C)(C)P(O[Si](C)(C)C)[Si](C)(C)C. The molecular formula is C10H27OPSi2. The van der Waals surface area contributed by atoms with Crippen LogP contribution in [0.2, 0.25) is 39.3 Å². The Morgan fingerprint density at radius 2 is 1.21 bits per heavy atom. The van der Waals surface area contributed by atoms with Crippen molar-refractivity contribution in [2.75, 3.05) is 0 Å². The van der Waals surface area contributed by atoms with Crippen LogP contribution in [0, 0.1) is 0 Å². The summed E-state index contributed by atoms with van der Waals surface area (Å²) < 4.78 is 6.43. The Bertz CT molecular complexity index is 172. The highest BCUT2D eigenvalue weighted by atomic mass is 31.4. The molecule has 0 rings (SSSR count). The van der Waals surface area contributed by atoms with Crippen LogP contribution in [0.1, 0.15) is 20.8 Å². The van der Waals surface area contributed by atoms with Crippen LogP contribution in [0.15, 0.2) is 0 Å². The Balaban J connectivity index is 4.78. The summed E-state index contributed by atoms with van der Waals surface area (Å²) in [6, 6.07) is 0. The van der Waals surface area contributed by atoms with E-state index in [-0.39, 0.29) is 7.70 Å². The summed E-state index contributed by atoms with van der Waals surface area (Å²) >= 11 is 0. The fourth-order valence-corrected chi connectivity index (χ4v) is 18.9. The molecule has 0 N–H and O–H groups in total. The lowest BCUT2D eigenvalue weighted by Gasteiger charge is -2.43. The van der Waals surface area contributed by atoms with Crippen molar-refractivity contribution in [3.8, 4) is 0 Å². The molecule has 14 heavy (non-hydrogen) atoms. The van der Waals surface area contributed by atoms with Crippen molar-refractivity contribution in [3.05, 3.63) is 0 Å². The third-order valence-corrected chi connectivity index (χ3v) is 13.4. The van der Waals surface area contributed by atoms with Crippen molar-refractivity contribution in [1.29, 1.82) is 0 Å². The van der Waals surface area contributed by atoms with Crippen LogP contribution in [0.3, 0.4) is 0 Å². The van der Waals surface area contributed by atoms with Crippen molar-refractivity contribution >= 4 is 23.8 Å². The molecule has 0 heterocycles. The summed E-state index contributed by atoms with van der Waals surface area (Å²) in [5.74, 6) is 0. The molecule has 0 amide bonds. The van der Waals surface area contributed by atoms with Crippen molar-refractivity contribution in [2.45, 2.75) is 65.2 Å². The molecule has 0 saturated carbocycles. The van der Waals surface area contributed by atoms with E-state index in [4.69, 9.17) is 4.21 Å². The number of rotatable bonds is 3. The molecule has 1 unspecified atom stereocenters. The predicted molar refractivity (Wildman–Crippen MR) is 74.5 cm³/mol. The van der Waals surface area contributed by atoms with Gasteiger partial charge < -0.3 is 4.21 Å². The topological polar surface area (TPSA) is 9.23 Å². The van der Waals surface area contributed by atoms with Gasteiger partial charge >= 0.3 is 0 Å². The van der Waals surface area contributed by atoms with Crippen LogP contribution in [-0.4, -0.2) is 21.2 Å². The van der Waals surface area contributed by atoms with Gasteiger partial charge in [0, 0.05) is 12.9 Å². The van der Waals surface area contributed by atoms with E-state index in [0.717, 1.165) is 0 Å². The first-order valence-corrected chi connectivity index (χ1v) is 14.3. The van der Waals surface area contributed by atoms with E-state index in [2.05, 4.69) is 60.1 Å². The van der Waals surface area contributed by atoms with Crippen molar-refractivity contribution in [1.82, 2.24) is 0 Å². The van der Waals surface area contributed by atoms with Crippen LogP contribution in [0.4, 0.5) is 0 Å². The van der Waals surface area contributed by atoms with E-state index in [9.17, 15) is 0 Å². The lowest BCUT2D eigenvalue weighted by Crippen LogP contribution is -2.36. The first kappa shape index (κ1) is 14.8. The normalized spacial score (nSPS) is 16.9. The zero-order valence-electron chi connectivity index (χ0n) is 11.4. The summed E-state index contributed by atoms with van der Waals surface area (Å²) in [6.45, 7) is 21.2. The van der Waals surface area contributed by atoms with E-state index in [1.54, 1.807) is 0 Å². The zero-order chi connectivity index (χ0) is 11.8. The Hall–Kier alpha value is 0.824. The third-order valence-electron chi connectivity index (χ3n) is 1.58. The Morgan fingerprint density at radius 1 is 0.857 bits per heavy atom. The van der Waals surface area contributed by atoms with Gasteiger partial charge in [0.05, 0.1) is 0 Å². The second-order valence-corrected chi connectivity index (χ2v) is 23.3. The minimum atomic E-state index is -1.38. The molecule has 0 aliphatic heterocycles. The fraction of sp³-hybridized carbons (Fsp3) is 1.00. The average Bonchev–Trinajstić information content (AvgIpc) is 1.75. The molecule has 0 spiro atoms. The molecule has 0 aliphatic rings. The van der Waals surface area contributed by atoms with Crippen LogP contribution in [-0.2, 0) is 4.21 Å². The van der Waals surface area contributed by atoms with Crippen LogP contribution < -0.4 is 0 Å². The fourth-order valence-electron chi connectivity index (χ4n) is 1.55. The predicted octanol–water partition coefficient (Wildman–Crippen LogP) is 4.87. The highest BCUT2D eigenvalue weighted by Gasteiger charge is 2.39. The van der Waals surface area contributed by atoms with Gasteiger partial charge in [-0.3, -0.25) is 0 Å². The van der Waals surface area contributed by atoms with Crippen molar-refractivity contribution < 1.29 is 4.21 Å². The van der Waals surface area contributed by atoms with E-state index >= 15 is 0 Å². The van der Waals surface area contributed by atoms with Gasteiger partial charge in [-0.1, -0.05) is 40.4 Å². The quantitative estimate of drug-likeness (QED) is 0.513.